The molecule has 0 aromatic heterocycles. The van der Waals surface area contributed by atoms with Gasteiger partial charge in [0.15, 0.2) is 12.2 Å². The summed E-state index contributed by atoms with van der Waals surface area (Å²) in [5.74, 6) is -2.61. The van der Waals surface area contributed by atoms with Crippen LogP contribution in [0.5, 0.6) is 5.75 Å². The lowest BCUT2D eigenvalue weighted by atomic mass is 9.98. The molecule has 1 saturated heterocycles. The third kappa shape index (κ3) is 6.83. The van der Waals surface area contributed by atoms with Crippen molar-refractivity contribution in [3.05, 3.63) is 53.1 Å². The Morgan fingerprint density at radius 2 is 1.52 bits per heavy atom. The molecule has 40 heavy (non-hydrogen) atoms. The third-order valence-corrected chi connectivity index (χ3v) is 6.60. The second-order valence-corrected chi connectivity index (χ2v) is 9.74. The van der Waals surface area contributed by atoms with E-state index in [-0.39, 0.29) is 17.4 Å². The van der Waals surface area contributed by atoms with Crippen molar-refractivity contribution in [2.24, 2.45) is 0 Å². The van der Waals surface area contributed by atoms with Crippen LogP contribution in [0, 0.1) is 0 Å². The van der Waals surface area contributed by atoms with Crippen LogP contribution in [0.3, 0.4) is 0 Å². The smallest absolute Gasteiger partial charge is 0.303 e. The fourth-order valence-corrected chi connectivity index (χ4v) is 4.99. The van der Waals surface area contributed by atoms with Gasteiger partial charge in [0.2, 0.25) is 12.4 Å². The number of halogens is 1. The van der Waals surface area contributed by atoms with Crippen molar-refractivity contribution < 1.29 is 47.6 Å². The van der Waals surface area contributed by atoms with Crippen molar-refractivity contribution >= 4 is 46.9 Å². The average Bonchev–Trinajstić information content (AvgIpc) is 3.31. The van der Waals surface area contributed by atoms with Gasteiger partial charge in [0, 0.05) is 45.6 Å². The van der Waals surface area contributed by atoms with Crippen molar-refractivity contribution in [2.45, 2.75) is 64.8 Å². The molecular formula is C28H30ClNO10. The van der Waals surface area contributed by atoms with Gasteiger partial charge in [0.25, 0.3) is 0 Å². The molecule has 0 N–H and O–H groups in total. The van der Waals surface area contributed by atoms with Gasteiger partial charge in [-0.25, -0.2) is 0 Å². The molecule has 2 aliphatic rings. The zero-order valence-electron chi connectivity index (χ0n) is 22.5. The number of esters is 4. The van der Waals surface area contributed by atoms with Gasteiger partial charge in [-0.1, -0.05) is 29.8 Å². The number of carbonyl (C=O) groups excluding carboxylic acids is 4. The number of benzene rings is 2. The van der Waals surface area contributed by atoms with E-state index < -0.39 is 54.6 Å². The van der Waals surface area contributed by atoms with Gasteiger partial charge >= 0.3 is 23.9 Å². The second kappa shape index (κ2) is 12.6. The number of carbonyl (C=O) groups is 4. The minimum Gasteiger partial charge on any atom is -0.463 e. The number of rotatable bonds is 8. The van der Waals surface area contributed by atoms with Crippen molar-refractivity contribution in [1.29, 1.82) is 0 Å². The molecule has 2 heterocycles. The first-order valence-electron chi connectivity index (χ1n) is 12.7. The maximum absolute atomic E-state index is 12.0. The fourth-order valence-electron chi connectivity index (χ4n) is 4.77. The predicted octanol–water partition coefficient (Wildman–Crippen LogP) is 3.50. The Bertz CT molecular complexity index is 1280. The Morgan fingerprint density at radius 1 is 0.875 bits per heavy atom. The van der Waals surface area contributed by atoms with E-state index in [0.29, 0.717) is 0 Å². The molecule has 2 aliphatic heterocycles. The molecule has 1 fully saturated rings. The van der Waals surface area contributed by atoms with Crippen LogP contribution in [0.1, 0.15) is 33.3 Å². The summed E-state index contributed by atoms with van der Waals surface area (Å²) in [4.78, 5) is 49.6. The summed E-state index contributed by atoms with van der Waals surface area (Å²) in [6, 6.07) is 13.3. The first-order valence-corrected chi connectivity index (χ1v) is 13.0. The Kier molecular flexibility index (Phi) is 9.16. The molecule has 0 amide bonds. The summed E-state index contributed by atoms with van der Waals surface area (Å²) in [6.07, 6.45) is -5.59. The van der Waals surface area contributed by atoms with Gasteiger partial charge in [-0.05, 0) is 36.2 Å². The molecular weight excluding hydrogens is 546 g/mol. The van der Waals surface area contributed by atoms with E-state index in [1.807, 2.05) is 24.3 Å². The van der Waals surface area contributed by atoms with Crippen molar-refractivity contribution in [3.8, 4) is 5.75 Å². The summed E-state index contributed by atoms with van der Waals surface area (Å²) in [5.41, 5.74) is 3.17. The predicted molar refractivity (Wildman–Crippen MR) is 141 cm³/mol. The number of hydrogen-bond acceptors (Lipinski definition) is 11. The molecule has 0 bridgehead atoms. The highest BCUT2D eigenvalue weighted by Gasteiger charge is 2.53. The summed E-state index contributed by atoms with van der Waals surface area (Å²) >= 11 is 6.63. The normalized spacial score (nSPS) is 23.5. The van der Waals surface area contributed by atoms with E-state index in [0.717, 1.165) is 45.1 Å². The zero-order chi connectivity index (χ0) is 29.0. The first-order chi connectivity index (χ1) is 19.0. The fraction of sp³-hybridized carbons (Fsp3) is 0.429. The number of ether oxygens (including phenoxy) is 6. The number of fused-ring (bicyclic) bond motifs is 1. The van der Waals surface area contributed by atoms with E-state index in [9.17, 15) is 19.2 Å². The molecule has 11 nitrogen and oxygen atoms in total. The number of nitrogens with zero attached hydrogens (tertiary/aromatic N) is 1. The molecule has 214 valence electrons. The van der Waals surface area contributed by atoms with Crippen molar-refractivity contribution in [2.75, 3.05) is 18.1 Å². The third-order valence-electron chi connectivity index (χ3n) is 6.31. The van der Waals surface area contributed by atoms with E-state index in [1.54, 1.807) is 12.1 Å². The van der Waals surface area contributed by atoms with Gasteiger partial charge in [-0.15, -0.1) is 0 Å². The summed E-state index contributed by atoms with van der Waals surface area (Å²) in [5, 5.41) is 0.245. The Labute approximate surface area is 236 Å². The second-order valence-electron chi connectivity index (χ2n) is 9.33. The molecule has 0 aliphatic carbocycles. The van der Waals surface area contributed by atoms with E-state index >= 15 is 0 Å². The van der Waals surface area contributed by atoms with E-state index in [4.69, 9.17) is 40.0 Å². The van der Waals surface area contributed by atoms with Crippen LogP contribution in [0.4, 0.5) is 11.4 Å². The van der Waals surface area contributed by atoms with Crippen LogP contribution in [0.25, 0.3) is 0 Å². The maximum Gasteiger partial charge on any atom is 0.303 e. The Morgan fingerprint density at radius 3 is 2.17 bits per heavy atom. The van der Waals surface area contributed by atoms with Crippen LogP contribution < -0.4 is 9.64 Å². The lowest BCUT2D eigenvalue weighted by molar-refractivity contribution is -0.288. The van der Waals surface area contributed by atoms with Gasteiger partial charge < -0.3 is 33.3 Å². The molecule has 0 radical (unpaired) electrons. The van der Waals surface area contributed by atoms with Crippen LogP contribution in [0.15, 0.2) is 42.5 Å². The average molecular weight is 576 g/mol. The summed E-state index contributed by atoms with van der Waals surface area (Å²) < 4.78 is 33.4. The molecule has 2 aromatic rings. The topological polar surface area (TPSA) is 127 Å². The Hall–Kier alpha value is -3.83. The minimum absolute atomic E-state index is 0.193. The number of anilines is 2. The first kappa shape index (κ1) is 29.2. The maximum atomic E-state index is 12.0. The molecule has 0 unspecified atom stereocenters. The quantitative estimate of drug-likeness (QED) is 0.339. The SMILES string of the molecule is CC(=O)OC[C@H]1O[C@H](Oc2ccc(N3CCc4ccccc43)cc2Cl)[C@@H](OC(C)=O)[C@@H](OC(C)=O)[C@@H]1OC(C)=O. The van der Waals surface area contributed by atoms with Gasteiger partial charge in [0.05, 0.1) is 5.02 Å². The van der Waals surface area contributed by atoms with Gasteiger partial charge in [-0.3, -0.25) is 19.2 Å². The lowest BCUT2D eigenvalue weighted by Gasteiger charge is -2.44. The molecule has 2 aromatic carbocycles. The standard InChI is InChI=1S/C28H30ClNO10/c1-15(31)35-14-24-25(36-16(2)32)26(37-17(3)33)27(38-18(4)34)28(40-24)39-23-10-9-20(13-21(23)29)30-12-11-19-7-5-6-8-22(19)30/h5-10,13,24-28H,11-12,14H2,1-4H3/t24-,25-,26+,27+,28+/m1/s1. The highest BCUT2D eigenvalue weighted by Crippen LogP contribution is 2.39. The molecule has 4 rings (SSSR count). The summed E-state index contributed by atoms with van der Waals surface area (Å²) in [7, 11) is 0. The monoisotopic (exact) mass is 575 g/mol. The molecule has 12 heteroatoms. The van der Waals surface area contributed by atoms with Crippen LogP contribution in [0.2, 0.25) is 5.02 Å². The molecule has 0 spiro atoms. The largest absolute Gasteiger partial charge is 0.463 e. The van der Waals surface area contributed by atoms with Crippen LogP contribution in [-0.4, -0.2) is 67.7 Å². The zero-order valence-corrected chi connectivity index (χ0v) is 23.2. The lowest BCUT2D eigenvalue weighted by Crippen LogP contribution is -2.63. The highest BCUT2D eigenvalue weighted by atomic mass is 35.5. The number of para-hydroxylation sites is 1. The highest BCUT2D eigenvalue weighted by molar-refractivity contribution is 6.32. The van der Waals surface area contributed by atoms with Crippen LogP contribution in [-0.2, 0) is 49.3 Å². The van der Waals surface area contributed by atoms with Gasteiger partial charge in [-0.2, -0.15) is 0 Å². The van der Waals surface area contributed by atoms with E-state index in [2.05, 4.69) is 11.0 Å². The van der Waals surface area contributed by atoms with Crippen molar-refractivity contribution in [1.82, 2.24) is 0 Å². The Balaban J connectivity index is 1.65. The molecule has 0 saturated carbocycles. The van der Waals surface area contributed by atoms with Crippen LogP contribution >= 0.6 is 11.6 Å². The summed E-state index contributed by atoms with van der Waals surface area (Å²) in [6.45, 7) is 5.08. The van der Waals surface area contributed by atoms with Crippen molar-refractivity contribution in [3.63, 3.8) is 0 Å². The number of hydrogen-bond donors (Lipinski definition) is 0. The minimum atomic E-state index is -1.38. The molecule has 5 atom stereocenters. The van der Waals surface area contributed by atoms with Gasteiger partial charge in [0.1, 0.15) is 18.5 Å². The van der Waals surface area contributed by atoms with E-state index in [1.165, 1.54) is 12.5 Å².